The summed E-state index contributed by atoms with van der Waals surface area (Å²) in [4.78, 5) is 12.5. The van der Waals surface area contributed by atoms with Gasteiger partial charge in [0.05, 0.1) is 23.6 Å². The number of halogens is 1. The first-order valence-electron chi connectivity index (χ1n) is 8.11. The number of amides is 1. The highest BCUT2D eigenvalue weighted by atomic mass is 35.5. The fraction of sp³-hybridized carbons (Fsp3) is 0.200. The molecule has 0 bridgehead atoms. The maximum absolute atomic E-state index is 12.5. The van der Waals surface area contributed by atoms with E-state index in [4.69, 9.17) is 11.6 Å². The van der Waals surface area contributed by atoms with Crippen molar-refractivity contribution in [2.24, 2.45) is 0 Å². The molecule has 0 aliphatic rings. The molecule has 1 aromatic heterocycles. The fourth-order valence-electron chi connectivity index (χ4n) is 2.77. The molecule has 5 heteroatoms. The largest absolute Gasteiger partial charge is 0.319 e. The first-order valence-corrected chi connectivity index (χ1v) is 8.49. The predicted molar refractivity (Wildman–Crippen MR) is 101 cm³/mol. The SMILES string of the molecule is Cc1ccccc1Cn1nc(C)c(NC(=O)c2ccc(Cl)cc2)c1C. The third-order valence-corrected chi connectivity index (χ3v) is 4.56. The van der Waals surface area contributed by atoms with E-state index < -0.39 is 0 Å². The van der Waals surface area contributed by atoms with E-state index in [1.807, 2.05) is 30.7 Å². The van der Waals surface area contributed by atoms with Crippen LogP contribution in [0.15, 0.2) is 48.5 Å². The van der Waals surface area contributed by atoms with Crippen molar-refractivity contribution < 1.29 is 4.79 Å². The van der Waals surface area contributed by atoms with E-state index in [0.717, 1.165) is 17.1 Å². The maximum Gasteiger partial charge on any atom is 0.255 e. The second kappa shape index (κ2) is 7.11. The molecule has 0 spiro atoms. The van der Waals surface area contributed by atoms with Gasteiger partial charge in [0, 0.05) is 10.6 Å². The van der Waals surface area contributed by atoms with E-state index in [-0.39, 0.29) is 5.91 Å². The van der Waals surface area contributed by atoms with Gasteiger partial charge in [0.15, 0.2) is 0 Å². The molecule has 0 saturated carbocycles. The molecule has 0 fully saturated rings. The van der Waals surface area contributed by atoms with Gasteiger partial charge in [-0.3, -0.25) is 9.48 Å². The van der Waals surface area contributed by atoms with E-state index in [1.54, 1.807) is 24.3 Å². The summed E-state index contributed by atoms with van der Waals surface area (Å²) >= 11 is 5.88. The second-order valence-corrected chi connectivity index (χ2v) is 6.53. The van der Waals surface area contributed by atoms with Crippen LogP contribution in [0.25, 0.3) is 0 Å². The Balaban J connectivity index is 1.83. The highest BCUT2D eigenvalue weighted by Gasteiger charge is 2.15. The number of aryl methyl sites for hydroxylation is 2. The fourth-order valence-corrected chi connectivity index (χ4v) is 2.89. The van der Waals surface area contributed by atoms with Gasteiger partial charge in [-0.2, -0.15) is 5.10 Å². The van der Waals surface area contributed by atoms with Crippen LogP contribution in [-0.4, -0.2) is 15.7 Å². The molecule has 0 aliphatic heterocycles. The molecule has 3 rings (SSSR count). The molecule has 25 heavy (non-hydrogen) atoms. The van der Waals surface area contributed by atoms with Crippen LogP contribution in [0, 0.1) is 20.8 Å². The minimum Gasteiger partial charge on any atom is -0.319 e. The Morgan fingerprint density at radius 1 is 1.08 bits per heavy atom. The van der Waals surface area contributed by atoms with Gasteiger partial charge >= 0.3 is 0 Å². The zero-order valence-corrected chi connectivity index (χ0v) is 15.3. The van der Waals surface area contributed by atoms with E-state index in [1.165, 1.54) is 11.1 Å². The number of carbonyl (C=O) groups excluding carboxylic acids is 1. The molecule has 0 saturated heterocycles. The first kappa shape index (κ1) is 17.2. The molecule has 0 unspecified atom stereocenters. The van der Waals surface area contributed by atoms with Gasteiger partial charge in [-0.25, -0.2) is 0 Å². The highest BCUT2D eigenvalue weighted by Crippen LogP contribution is 2.22. The third kappa shape index (κ3) is 3.74. The Bertz CT molecular complexity index is 913. The minimum absolute atomic E-state index is 0.168. The van der Waals surface area contributed by atoms with Crippen LogP contribution in [0.2, 0.25) is 5.02 Å². The molecule has 0 atom stereocenters. The van der Waals surface area contributed by atoms with Gasteiger partial charge in [-0.1, -0.05) is 35.9 Å². The molecular formula is C20H20ClN3O. The average Bonchev–Trinajstić information content (AvgIpc) is 2.85. The van der Waals surface area contributed by atoms with Gasteiger partial charge in [0.25, 0.3) is 5.91 Å². The molecule has 2 aromatic carbocycles. The molecule has 0 radical (unpaired) electrons. The number of aromatic nitrogens is 2. The monoisotopic (exact) mass is 353 g/mol. The van der Waals surface area contributed by atoms with E-state index in [2.05, 4.69) is 29.5 Å². The number of anilines is 1. The number of nitrogens with one attached hydrogen (secondary N) is 1. The topological polar surface area (TPSA) is 46.9 Å². The molecule has 1 N–H and O–H groups in total. The minimum atomic E-state index is -0.168. The van der Waals surface area contributed by atoms with Crippen molar-refractivity contribution in [1.82, 2.24) is 9.78 Å². The summed E-state index contributed by atoms with van der Waals surface area (Å²) in [5.41, 5.74) is 5.49. The second-order valence-electron chi connectivity index (χ2n) is 6.09. The van der Waals surface area contributed by atoms with E-state index >= 15 is 0 Å². The van der Waals surface area contributed by atoms with Crippen LogP contribution in [0.1, 0.15) is 32.9 Å². The number of carbonyl (C=O) groups is 1. The van der Waals surface area contributed by atoms with Crippen molar-refractivity contribution in [3.8, 4) is 0 Å². The van der Waals surface area contributed by atoms with Gasteiger partial charge < -0.3 is 5.32 Å². The Kier molecular flexibility index (Phi) is 4.91. The summed E-state index contributed by atoms with van der Waals surface area (Å²) < 4.78 is 1.93. The molecule has 4 nitrogen and oxygen atoms in total. The Labute approximate surface area is 152 Å². The zero-order valence-electron chi connectivity index (χ0n) is 14.5. The number of nitrogens with zero attached hydrogens (tertiary/aromatic N) is 2. The quantitative estimate of drug-likeness (QED) is 0.734. The van der Waals surface area contributed by atoms with Gasteiger partial charge in [-0.05, 0) is 56.2 Å². The number of benzene rings is 2. The lowest BCUT2D eigenvalue weighted by atomic mass is 10.1. The molecule has 1 heterocycles. The van der Waals surface area contributed by atoms with Crippen molar-refractivity contribution in [2.75, 3.05) is 5.32 Å². The van der Waals surface area contributed by atoms with E-state index in [9.17, 15) is 4.79 Å². The molecule has 3 aromatic rings. The van der Waals surface area contributed by atoms with Crippen LogP contribution in [0.5, 0.6) is 0 Å². The number of rotatable bonds is 4. The van der Waals surface area contributed by atoms with Gasteiger partial charge in [0.2, 0.25) is 0 Å². The Hall–Kier alpha value is -2.59. The molecule has 0 aliphatic carbocycles. The van der Waals surface area contributed by atoms with E-state index in [0.29, 0.717) is 17.1 Å². The summed E-state index contributed by atoms with van der Waals surface area (Å²) in [6, 6.07) is 15.1. The lowest BCUT2D eigenvalue weighted by Gasteiger charge is -2.09. The van der Waals surface area contributed by atoms with Crippen molar-refractivity contribution in [3.05, 3.63) is 81.6 Å². The lowest BCUT2D eigenvalue weighted by molar-refractivity contribution is 0.102. The zero-order chi connectivity index (χ0) is 18.0. The smallest absolute Gasteiger partial charge is 0.255 e. The Morgan fingerprint density at radius 3 is 2.44 bits per heavy atom. The highest BCUT2D eigenvalue weighted by molar-refractivity contribution is 6.30. The van der Waals surface area contributed by atoms with Crippen molar-refractivity contribution >= 4 is 23.2 Å². The standard InChI is InChI=1S/C20H20ClN3O/c1-13-6-4-5-7-17(13)12-24-15(3)19(14(2)23-24)22-20(25)16-8-10-18(21)11-9-16/h4-11H,12H2,1-3H3,(H,22,25). The summed E-state index contributed by atoms with van der Waals surface area (Å²) in [6.45, 7) is 6.63. The van der Waals surface area contributed by atoms with Crippen LogP contribution >= 0.6 is 11.6 Å². The molecular weight excluding hydrogens is 334 g/mol. The summed E-state index contributed by atoms with van der Waals surface area (Å²) in [6.07, 6.45) is 0. The summed E-state index contributed by atoms with van der Waals surface area (Å²) in [5.74, 6) is -0.168. The van der Waals surface area contributed by atoms with Crippen LogP contribution in [0.4, 0.5) is 5.69 Å². The number of hydrogen-bond acceptors (Lipinski definition) is 2. The van der Waals surface area contributed by atoms with Gasteiger partial charge in [-0.15, -0.1) is 0 Å². The average molecular weight is 354 g/mol. The Morgan fingerprint density at radius 2 is 1.76 bits per heavy atom. The third-order valence-electron chi connectivity index (χ3n) is 4.31. The summed E-state index contributed by atoms with van der Waals surface area (Å²) in [5, 5.41) is 8.16. The van der Waals surface area contributed by atoms with Gasteiger partial charge in [0.1, 0.15) is 0 Å². The normalized spacial score (nSPS) is 10.7. The van der Waals surface area contributed by atoms with Crippen LogP contribution in [0.3, 0.4) is 0 Å². The van der Waals surface area contributed by atoms with Crippen LogP contribution in [-0.2, 0) is 6.54 Å². The molecule has 128 valence electrons. The summed E-state index contributed by atoms with van der Waals surface area (Å²) in [7, 11) is 0. The van der Waals surface area contributed by atoms with Crippen molar-refractivity contribution in [2.45, 2.75) is 27.3 Å². The van der Waals surface area contributed by atoms with Crippen molar-refractivity contribution in [3.63, 3.8) is 0 Å². The lowest BCUT2D eigenvalue weighted by Crippen LogP contribution is -2.13. The molecule has 1 amide bonds. The predicted octanol–water partition coefficient (Wildman–Crippen LogP) is 4.76. The maximum atomic E-state index is 12.5. The van der Waals surface area contributed by atoms with Crippen molar-refractivity contribution in [1.29, 1.82) is 0 Å². The number of hydrogen-bond donors (Lipinski definition) is 1. The van der Waals surface area contributed by atoms with Crippen LogP contribution < -0.4 is 5.32 Å². The first-order chi connectivity index (χ1) is 12.0.